The molecule has 138 valence electrons. The average molecular weight is 376 g/mol. The first-order valence-electron chi connectivity index (χ1n) is 8.31. The van der Waals surface area contributed by atoms with Crippen molar-refractivity contribution in [2.75, 3.05) is 5.32 Å². The maximum atomic E-state index is 12.3. The number of benzene rings is 2. The number of ether oxygens (including phenoxy) is 2. The van der Waals surface area contributed by atoms with Crippen LogP contribution in [0, 0.1) is 6.92 Å². The third-order valence-electron chi connectivity index (χ3n) is 3.57. The molecule has 0 aliphatic heterocycles. The van der Waals surface area contributed by atoms with Crippen LogP contribution in [0.1, 0.15) is 36.7 Å². The number of rotatable bonds is 6. The third-order valence-corrected chi connectivity index (χ3v) is 3.81. The van der Waals surface area contributed by atoms with Gasteiger partial charge >= 0.3 is 5.97 Å². The summed E-state index contributed by atoms with van der Waals surface area (Å²) in [6, 6.07) is 11.8. The fourth-order valence-electron chi connectivity index (χ4n) is 2.19. The first-order chi connectivity index (χ1) is 12.3. The molecular formula is C20H22ClNO4. The number of anilines is 1. The van der Waals surface area contributed by atoms with E-state index in [4.69, 9.17) is 21.1 Å². The minimum Gasteiger partial charge on any atom is -0.491 e. The van der Waals surface area contributed by atoms with E-state index in [1.54, 1.807) is 42.5 Å². The lowest BCUT2D eigenvalue weighted by molar-refractivity contribution is -0.123. The highest BCUT2D eigenvalue weighted by molar-refractivity contribution is 6.31. The summed E-state index contributed by atoms with van der Waals surface area (Å²) in [5, 5.41) is 3.23. The van der Waals surface area contributed by atoms with E-state index in [2.05, 4.69) is 5.32 Å². The number of hydrogen-bond donors (Lipinski definition) is 1. The molecule has 0 radical (unpaired) electrons. The van der Waals surface area contributed by atoms with Gasteiger partial charge in [-0.3, -0.25) is 4.79 Å². The highest BCUT2D eigenvalue weighted by Crippen LogP contribution is 2.21. The van der Waals surface area contributed by atoms with Crippen molar-refractivity contribution in [3.8, 4) is 5.75 Å². The van der Waals surface area contributed by atoms with Gasteiger partial charge in [-0.15, -0.1) is 0 Å². The van der Waals surface area contributed by atoms with Crippen molar-refractivity contribution in [1.82, 2.24) is 0 Å². The number of amides is 1. The first kappa shape index (κ1) is 19.8. The van der Waals surface area contributed by atoms with Crippen molar-refractivity contribution in [3.05, 3.63) is 58.6 Å². The van der Waals surface area contributed by atoms with Gasteiger partial charge in [-0.2, -0.15) is 0 Å². The second kappa shape index (κ2) is 8.72. The van der Waals surface area contributed by atoms with E-state index in [1.807, 2.05) is 20.8 Å². The van der Waals surface area contributed by atoms with Crippen LogP contribution in [0.5, 0.6) is 5.75 Å². The maximum absolute atomic E-state index is 12.3. The van der Waals surface area contributed by atoms with Crippen LogP contribution in [0.4, 0.5) is 5.69 Å². The number of halogens is 1. The number of aryl methyl sites for hydroxylation is 1. The highest BCUT2D eigenvalue weighted by Gasteiger charge is 2.19. The van der Waals surface area contributed by atoms with Crippen LogP contribution in [-0.4, -0.2) is 24.1 Å². The molecule has 0 fully saturated rings. The molecular weight excluding hydrogens is 354 g/mol. The van der Waals surface area contributed by atoms with Gasteiger partial charge in [0, 0.05) is 10.7 Å². The summed E-state index contributed by atoms with van der Waals surface area (Å²) in [6.45, 7) is 7.21. The van der Waals surface area contributed by atoms with E-state index < -0.39 is 18.0 Å². The largest absolute Gasteiger partial charge is 0.491 e. The Morgan fingerprint density at radius 3 is 2.31 bits per heavy atom. The Bertz CT molecular complexity index is 787. The molecule has 2 rings (SSSR count). The Hall–Kier alpha value is -2.53. The Kier molecular flexibility index (Phi) is 6.64. The molecule has 0 saturated carbocycles. The molecule has 0 bridgehead atoms. The minimum atomic E-state index is -0.951. The molecule has 2 aromatic carbocycles. The number of hydrogen-bond acceptors (Lipinski definition) is 4. The average Bonchev–Trinajstić information content (AvgIpc) is 2.58. The van der Waals surface area contributed by atoms with Crippen LogP contribution in [0.3, 0.4) is 0 Å². The summed E-state index contributed by atoms with van der Waals surface area (Å²) in [7, 11) is 0. The SMILES string of the molecule is Cc1ccc(Cl)cc1NC(=O)C(C)OC(=O)c1ccc(OC(C)C)cc1. The van der Waals surface area contributed by atoms with Gasteiger partial charge < -0.3 is 14.8 Å². The van der Waals surface area contributed by atoms with Crippen molar-refractivity contribution in [1.29, 1.82) is 0 Å². The lowest BCUT2D eigenvalue weighted by Crippen LogP contribution is -2.30. The fraction of sp³-hybridized carbons (Fsp3) is 0.300. The quantitative estimate of drug-likeness (QED) is 0.748. The molecule has 1 unspecified atom stereocenters. The zero-order valence-electron chi connectivity index (χ0n) is 15.2. The standard InChI is InChI=1S/C20H22ClNO4/c1-12(2)25-17-9-6-15(7-10-17)20(24)26-14(4)19(23)22-18-11-16(21)8-5-13(18)3/h5-12,14H,1-4H3,(H,22,23). The summed E-state index contributed by atoms with van der Waals surface area (Å²) in [5.41, 5.74) is 1.79. The number of carbonyl (C=O) groups excluding carboxylic acids is 2. The smallest absolute Gasteiger partial charge is 0.338 e. The highest BCUT2D eigenvalue weighted by atomic mass is 35.5. The summed E-state index contributed by atoms with van der Waals surface area (Å²) in [6.07, 6.45) is -0.904. The van der Waals surface area contributed by atoms with E-state index in [-0.39, 0.29) is 6.10 Å². The van der Waals surface area contributed by atoms with Crippen LogP contribution >= 0.6 is 11.6 Å². The van der Waals surface area contributed by atoms with Crippen LogP contribution in [-0.2, 0) is 9.53 Å². The van der Waals surface area contributed by atoms with Crippen molar-refractivity contribution in [3.63, 3.8) is 0 Å². The fourth-order valence-corrected chi connectivity index (χ4v) is 2.36. The molecule has 0 aliphatic rings. The van der Waals surface area contributed by atoms with Gasteiger partial charge in [0.2, 0.25) is 0 Å². The van der Waals surface area contributed by atoms with Gasteiger partial charge in [0.1, 0.15) is 5.75 Å². The maximum Gasteiger partial charge on any atom is 0.338 e. The molecule has 1 amide bonds. The second-order valence-electron chi connectivity index (χ2n) is 6.19. The molecule has 5 nitrogen and oxygen atoms in total. The Balaban J connectivity index is 1.97. The van der Waals surface area contributed by atoms with Crippen LogP contribution in [0.25, 0.3) is 0 Å². The van der Waals surface area contributed by atoms with Crippen LogP contribution < -0.4 is 10.1 Å². The van der Waals surface area contributed by atoms with Crippen molar-refractivity contribution < 1.29 is 19.1 Å². The predicted molar refractivity (Wildman–Crippen MR) is 102 cm³/mol. The van der Waals surface area contributed by atoms with Gasteiger partial charge in [-0.05, 0) is 69.7 Å². The van der Waals surface area contributed by atoms with Gasteiger partial charge in [-0.1, -0.05) is 17.7 Å². The monoisotopic (exact) mass is 375 g/mol. The van der Waals surface area contributed by atoms with E-state index in [9.17, 15) is 9.59 Å². The molecule has 0 saturated heterocycles. The number of nitrogens with one attached hydrogen (secondary N) is 1. The topological polar surface area (TPSA) is 64.6 Å². The Morgan fingerprint density at radius 1 is 1.04 bits per heavy atom. The zero-order valence-corrected chi connectivity index (χ0v) is 16.0. The summed E-state index contributed by atoms with van der Waals surface area (Å²) >= 11 is 5.94. The number of esters is 1. The van der Waals surface area contributed by atoms with E-state index in [1.165, 1.54) is 6.92 Å². The van der Waals surface area contributed by atoms with Crippen LogP contribution in [0.2, 0.25) is 5.02 Å². The molecule has 0 spiro atoms. The van der Waals surface area contributed by atoms with Crippen molar-refractivity contribution >= 4 is 29.2 Å². The minimum absolute atomic E-state index is 0.0477. The molecule has 1 N–H and O–H groups in total. The molecule has 1 atom stereocenters. The summed E-state index contributed by atoms with van der Waals surface area (Å²) < 4.78 is 10.8. The van der Waals surface area contributed by atoms with E-state index in [0.717, 1.165) is 5.56 Å². The lowest BCUT2D eigenvalue weighted by atomic mass is 10.2. The zero-order chi connectivity index (χ0) is 19.3. The van der Waals surface area contributed by atoms with E-state index in [0.29, 0.717) is 22.0 Å². The normalized spacial score (nSPS) is 11.8. The first-order valence-corrected chi connectivity index (χ1v) is 8.68. The molecule has 26 heavy (non-hydrogen) atoms. The van der Waals surface area contributed by atoms with E-state index >= 15 is 0 Å². The predicted octanol–water partition coefficient (Wildman–Crippen LogP) is 4.62. The van der Waals surface area contributed by atoms with Gasteiger partial charge in [0.25, 0.3) is 5.91 Å². The number of carbonyl (C=O) groups is 2. The molecule has 6 heteroatoms. The summed E-state index contributed by atoms with van der Waals surface area (Å²) in [4.78, 5) is 24.5. The van der Waals surface area contributed by atoms with Gasteiger partial charge in [-0.25, -0.2) is 4.79 Å². The molecule has 0 aromatic heterocycles. The molecule has 2 aromatic rings. The molecule has 0 heterocycles. The third kappa shape index (κ3) is 5.49. The molecule has 0 aliphatic carbocycles. The van der Waals surface area contributed by atoms with Crippen molar-refractivity contribution in [2.45, 2.75) is 39.9 Å². The van der Waals surface area contributed by atoms with Gasteiger partial charge in [0.05, 0.1) is 11.7 Å². The van der Waals surface area contributed by atoms with Crippen molar-refractivity contribution in [2.24, 2.45) is 0 Å². The van der Waals surface area contributed by atoms with Gasteiger partial charge in [0.15, 0.2) is 6.10 Å². The Morgan fingerprint density at radius 2 is 1.69 bits per heavy atom. The van der Waals surface area contributed by atoms with Crippen LogP contribution in [0.15, 0.2) is 42.5 Å². The Labute approximate surface area is 158 Å². The second-order valence-corrected chi connectivity index (χ2v) is 6.62. The lowest BCUT2D eigenvalue weighted by Gasteiger charge is -2.15. The summed E-state index contributed by atoms with van der Waals surface area (Å²) in [5.74, 6) is -0.339.